The molecule has 0 bridgehead atoms. The van der Waals surface area contributed by atoms with Crippen molar-refractivity contribution in [3.05, 3.63) is 29.8 Å². The largest absolute Gasteiger partial charge is 0.384 e. The highest BCUT2D eigenvalue weighted by Crippen LogP contribution is 2.11. The summed E-state index contributed by atoms with van der Waals surface area (Å²) in [6.45, 7) is 8.27. The molecule has 0 saturated carbocycles. The van der Waals surface area contributed by atoms with Crippen LogP contribution in [0.1, 0.15) is 44.0 Å². The van der Waals surface area contributed by atoms with Gasteiger partial charge in [-0.05, 0) is 44.7 Å². The summed E-state index contributed by atoms with van der Waals surface area (Å²) in [5.74, 6) is 0.197. The lowest BCUT2D eigenvalue weighted by Crippen LogP contribution is -2.32. The number of hydrogen-bond donors (Lipinski definition) is 1. The SMILES string of the molecule is CCC(=O)c1ccc(NCCN(C)C(C)CC)cc1. The molecule has 0 fully saturated rings. The Balaban J connectivity index is 2.40. The summed E-state index contributed by atoms with van der Waals surface area (Å²) in [4.78, 5) is 13.9. The molecule has 19 heavy (non-hydrogen) atoms. The second-order valence-electron chi connectivity index (χ2n) is 5.02. The van der Waals surface area contributed by atoms with Crippen molar-refractivity contribution >= 4 is 11.5 Å². The Hall–Kier alpha value is -1.35. The fourth-order valence-electron chi connectivity index (χ4n) is 1.89. The van der Waals surface area contributed by atoms with E-state index in [0.29, 0.717) is 12.5 Å². The molecule has 3 nitrogen and oxygen atoms in total. The van der Waals surface area contributed by atoms with Gasteiger partial charge < -0.3 is 10.2 Å². The molecule has 0 aromatic heterocycles. The Morgan fingerprint density at radius 2 is 1.89 bits per heavy atom. The van der Waals surface area contributed by atoms with Gasteiger partial charge in [-0.2, -0.15) is 0 Å². The van der Waals surface area contributed by atoms with E-state index in [1.165, 1.54) is 6.42 Å². The quantitative estimate of drug-likeness (QED) is 0.729. The number of carbonyl (C=O) groups excluding carboxylic acids is 1. The van der Waals surface area contributed by atoms with Crippen molar-refractivity contribution < 1.29 is 4.79 Å². The molecule has 1 aromatic carbocycles. The van der Waals surface area contributed by atoms with Crippen molar-refractivity contribution in [2.75, 3.05) is 25.5 Å². The molecule has 0 saturated heterocycles. The van der Waals surface area contributed by atoms with E-state index in [0.717, 1.165) is 24.3 Å². The Morgan fingerprint density at radius 3 is 2.42 bits per heavy atom. The van der Waals surface area contributed by atoms with Crippen molar-refractivity contribution in [3.63, 3.8) is 0 Å². The van der Waals surface area contributed by atoms with Crippen molar-refractivity contribution in [1.82, 2.24) is 4.90 Å². The number of ketones is 1. The minimum absolute atomic E-state index is 0.197. The average molecular weight is 262 g/mol. The molecule has 0 aliphatic rings. The number of Topliss-reactive ketones (excluding diaryl/α,β-unsaturated/α-hetero) is 1. The van der Waals surface area contributed by atoms with E-state index in [4.69, 9.17) is 0 Å². The lowest BCUT2D eigenvalue weighted by atomic mass is 10.1. The molecular formula is C16H26N2O. The highest BCUT2D eigenvalue weighted by molar-refractivity contribution is 5.96. The molecule has 0 amide bonds. The zero-order chi connectivity index (χ0) is 14.3. The minimum Gasteiger partial charge on any atom is -0.384 e. The number of anilines is 1. The summed E-state index contributed by atoms with van der Waals surface area (Å²) in [6.07, 6.45) is 1.73. The van der Waals surface area contributed by atoms with Crippen LogP contribution in [-0.2, 0) is 0 Å². The number of nitrogens with zero attached hydrogens (tertiary/aromatic N) is 1. The fourth-order valence-corrected chi connectivity index (χ4v) is 1.89. The Morgan fingerprint density at radius 1 is 1.26 bits per heavy atom. The van der Waals surface area contributed by atoms with Crippen molar-refractivity contribution in [1.29, 1.82) is 0 Å². The summed E-state index contributed by atoms with van der Waals surface area (Å²) in [7, 11) is 2.15. The Kier molecular flexibility index (Phi) is 6.57. The number of carbonyl (C=O) groups is 1. The van der Waals surface area contributed by atoms with Gasteiger partial charge in [0.25, 0.3) is 0 Å². The van der Waals surface area contributed by atoms with Crippen LogP contribution in [-0.4, -0.2) is 36.9 Å². The highest BCUT2D eigenvalue weighted by Gasteiger charge is 2.06. The molecule has 0 radical (unpaired) electrons. The van der Waals surface area contributed by atoms with Gasteiger partial charge in [-0.15, -0.1) is 0 Å². The van der Waals surface area contributed by atoms with Gasteiger partial charge in [0.05, 0.1) is 0 Å². The van der Waals surface area contributed by atoms with E-state index >= 15 is 0 Å². The van der Waals surface area contributed by atoms with Gasteiger partial charge in [-0.3, -0.25) is 4.79 Å². The predicted molar refractivity (Wildman–Crippen MR) is 81.9 cm³/mol. The molecule has 1 atom stereocenters. The number of nitrogens with one attached hydrogen (secondary N) is 1. The van der Waals surface area contributed by atoms with Gasteiger partial charge in [0.2, 0.25) is 0 Å². The minimum atomic E-state index is 0.197. The fraction of sp³-hybridized carbons (Fsp3) is 0.562. The molecule has 1 unspecified atom stereocenters. The third kappa shape index (κ3) is 5.03. The Bertz CT molecular complexity index is 386. The zero-order valence-electron chi connectivity index (χ0n) is 12.6. The van der Waals surface area contributed by atoms with Crippen LogP contribution in [0.2, 0.25) is 0 Å². The van der Waals surface area contributed by atoms with Gasteiger partial charge in [0.1, 0.15) is 0 Å². The lowest BCUT2D eigenvalue weighted by Gasteiger charge is -2.23. The molecule has 1 N–H and O–H groups in total. The first-order valence-electron chi connectivity index (χ1n) is 7.15. The van der Waals surface area contributed by atoms with Crippen LogP contribution in [0, 0.1) is 0 Å². The van der Waals surface area contributed by atoms with Crippen molar-refractivity contribution in [2.24, 2.45) is 0 Å². The maximum atomic E-state index is 11.5. The monoisotopic (exact) mass is 262 g/mol. The highest BCUT2D eigenvalue weighted by atomic mass is 16.1. The van der Waals surface area contributed by atoms with E-state index < -0.39 is 0 Å². The molecule has 3 heteroatoms. The normalized spacial score (nSPS) is 12.5. The maximum Gasteiger partial charge on any atom is 0.162 e. The van der Waals surface area contributed by atoms with E-state index in [2.05, 4.69) is 31.1 Å². The summed E-state index contributed by atoms with van der Waals surface area (Å²) in [5.41, 5.74) is 1.87. The van der Waals surface area contributed by atoms with Gasteiger partial charge in [-0.1, -0.05) is 13.8 Å². The van der Waals surface area contributed by atoms with Gasteiger partial charge in [0.15, 0.2) is 5.78 Å². The van der Waals surface area contributed by atoms with E-state index in [9.17, 15) is 4.79 Å². The lowest BCUT2D eigenvalue weighted by molar-refractivity contribution is 0.0988. The number of likely N-dealkylation sites (N-methyl/N-ethyl adjacent to an activating group) is 1. The second kappa shape index (κ2) is 7.95. The number of hydrogen-bond acceptors (Lipinski definition) is 3. The molecule has 0 spiro atoms. The molecule has 0 aliphatic heterocycles. The van der Waals surface area contributed by atoms with Crippen molar-refractivity contribution in [3.8, 4) is 0 Å². The number of rotatable bonds is 8. The van der Waals surface area contributed by atoms with Crippen LogP contribution < -0.4 is 5.32 Å². The van der Waals surface area contributed by atoms with Crippen LogP contribution in [0.4, 0.5) is 5.69 Å². The van der Waals surface area contributed by atoms with Gasteiger partial charge in [0, 0.05) is 36.8 Å². The van der Waals surface area contributed by atoms with Crippen LogP contribution in [0.25, 0.3) is 0 Å². The first kappa shape index (κ1) is 15.7. The topological polar surface area (TPSA) is 32.3 Å². The van der Waals surface area contributed by atoms with Crippen LogP contribution in [0.15, 0.2) is 24.3 Å². The standard InChI is InChI=1S/C16H26N2O/c1-5-13(3)18(4)12-11-17-15-9-7-14(8-10-15)16(19)6-2/h7-10,13,17H,5-6,11-12H2,1-4H3. The van der Waals surface area contributed by atoms with E-state index in [-0.39, 0.29) is 5.78 Å². The van der Waals surface area contributed by atoms with Crippen LogP contribution >= 0.6 is 0 Å². The molecule has 106 valence electrons. The van der Waals surface area contributed by atoms with Crippen molar-refractivity contribution in [2.45, 2.75) is 39.7 Å². The molecule has 1 rings (SSSR count). The third-order valence-electron chi connectivity index (χ3n) is 3.66. The summed E-state index contributed by atoms with van der Waals surface area (Å²) in [5, 5.41) is 3.39. The first-order valence-corrected chi connectivity index (χ1v) is 7.15. The van der Waals surface area contributed by atoms with Crippen LogP contribution in [0.5, 0.6) is 0 Å². The third-order valence-corrected chi connectivity index (χ3v) is 3.66. The zero-order valence-corrected chi connectivity index (χ0v) is 12.6. The molecular weight excluding hydrogens is 236 g/mol. The summed E-state index contributed by atoms with van der Waals surface area (Å²) < 4.78 is 0. The van der Waals surface area contributed by atoms with Gasteiger partial charge >= 0.3 is 0 Å². The average Bonchev–Trinajstić information content (AvgIpc) is 2.46. The van der Waals surface area contributed by atoms with E-state index in [1.54, 1.807) is 0 Å². The maximum absolute atomic E-state index is 11.5. The molecule has 0 aliphatic carbocycles. The first-order chi connectivity index (χ1) is 9.08. The summed E-state index contributed by atoms with van der Waals surface area (Å²) in [6, 6.07) is 8.36. The molecule has 1 aromatic rings. The smallest absolute Gasteiger partial charge is 0.162 e. The Labute approximate surface area is 117 Å². The van der Waals surface area contributed by atoms with E-state index in [1.807, 2.05) is 31.2 Å². The predicted octanol–water partition coefficient (Wildman–Crippen LogP) is 3.42. The summed E-state index contributed by atoms with van der Waals surface area (Å²) >= 11 is 0. The second-order valence-corrected chi connectivity index (χ2v) is 5.02. The number of benzene rings is 1. The van der Waals surface area contributed by atoms with Gasteiger partial charge in [-0.25, -0.2) is 0 Å². The van der Waals surface area contributed by atoms with Crippen LogP contribution in [0.3, 0.4) is 0 Å². The molecule has 0 heterocycles.